The van der Waals surface area contributed by atoms with Crippen LogP contribution in [0, 0.1) is 58.7 Å². The molecule has 5 saturated carbocycles. The zero-order valence-corrected chi connectivity index (χ0v) is 15.5. The number of hydrogen-bond acceptors (Lipinski definition) is 3. The molecule has 0 aromatic heterocycles. The van der Waals surface area contributed by atoms with Crippen LogP contribution in [0.5, 0.6) is 0 Å². The van der Waals surface area contributed by atoms with Crippen LogP contribution in [0.4, 0.5) is 0 Å². The van der Waals surface area contributed by atoms with Crippen LogP contribution in [0.3, 0.4) is 0 Å². The van der Waals surface area contributed by atoms with Crippen LogP contribution in [-0.4, -0.2) is 28.1 Å². The first kappa shape index (κ1) is 15.3. The Morgan fingerprint density at radius 1 is 1.26 bits per heavy atom. The molecule has 0 amide bonds. The topological polar surface area (TPSA) is 66.9 Å². The molecule has 0 radical (unpaired) electrons. The van der Waals surface area contributed by atoms with E-state index in [9.17, 15) is 9.59 Å². The van der Waals surface area contributed by atoms with Crippen LogP contribution in [0.2, 0.25) is 0 Å². The standard InChI is InChI=1S/C23H24O4/c1-21-5-2-11(24)8-16(21)12-9-13(12)19-15(21)3-6-23-20(19)14-10-17(14)22(23,27-23)7-4-18(25)26/h8,12-15,17,19-20H,2-3,5-6,9-10H2,1H3,(H,25,26)/t12-,13+,14-,15?,17+,19?,20?,21-,22+,23-/m1/s1. The van der Waals surface area contributed by atoms with Crippen LogP contribution in [0.15, 0.2) is 11.6 Å². The summed E-state index contributed by atoms with van der Waals surface area (Å²) in [6.07, 6.45) is 8.30. The van der Waals surface area contributed by atoms with Gasteiger partial charge in [-0.3, -0.25) is 4.79 Å². The fourth-order valence-electron chi connectivity index (χ4n) is 8.75. The molecule has 27 heavy (non-hydrogen) atoms. The van der Waals surface area contributed by atoms with Gasteiger partial charge < -0.3 is 9.84 Å². The van der Waals surface area contributed by atoms with E-state index in [0.717, 1.165) is 25.2 Å². The first-order valence-corrected chi connectivity index (χ1v) is 10.6. The predicted molar refractivity (Wildman–Crippen MR) is 95.3 cm³/mol. The summed E-state index contributed by atoms with van der Waals surface area (Å²) in [6.45, 7) is 2.43. The van der Waals surface area contributed by atoms with Crippen molar-refractivity contribution in [2.24, 2.45) is 46.8 Å². The Bertz CT molecular complexity index is 922. The molecule has 1 saturated heterocycles. The van der Waals surface area contributed by atoms with Crippen LogP contribution < -0.4 is 0 Å². The molecule has 0 aromatic carbocycles. The van der Waals surface area contributed by atoms with Gasteiger partial charge in [0.15, 0.2) is 11.4 Å². The maximum atomic E-state index is 12.1. The Hall–Kier alpha value is -1.60. The van der Waals surface area contributed by atoms with Crippen molar-refractivity contribution >= 4 is 11.8 Å². The highest BCUT2D eigenvalue weighted by Gasteiger charge is 2.90. The lowest BCUT2D eigenvalue weighted by molar-refractivity contribution is -0.130. The third-order valence-electron chi connectivity index (χ3n) is 9.77. The third-order valence-corrected chi connectivity index (χ3v) is 9.77. The van der Waals surface area contributed by atoms with Gasteiger partial charge in [-0.05, 0) is 79.1 Å². The average molecular weight is 364 g/mol. The number of ketones is 1. The molecular weight excluding hydrogens is 340 g/mol. The van der Waals surface area contributed by atoms with Gasteiger partial charge in [0, 0.05) is 18.3 Å². The maximum Gasteiger partial charge on any atom is 0.382 e. The largest absolute Gasteiger partial charge is 0.472 e. The minimum atomic E-state index is -1.04. The molecule has 4 heteroatoms. The number of carbonyl (C=O) groups is 2. The second-order valence-corrected chi connectivity index (χ2v) is 10.5. The van der Waals surface area contributed by atoms with Gasteiger partial charge in [0.2, 0.25) is 0 Å². The fraction of sp³-hybridized carbons (Fsp3) is 0.739. The molecule has 4 nitrogen and oxygen atoms in total. The Kier molecular flexibility index (Phi) is 2.39. The van der Waals surface area contributed by atoms with E-state index < -0.39 is 11.6 Å². The summed E-state index contributed by atoms with van der Waals surface area (Å²) in [5, 5.41) is 9.06. The minimum absolute atomic E-state index is 0.153. The molecule has 0 aromatic rings. The summed E-state index contributed by atoms with van der Waals surface area (Å²) in [6, 6.07) is 0. The van der Waals surface area contributed by atoms with Gasteiger partial charge in [0.1, 0.15) is 5.60 Å². The van der Waals surface area contributed by atoms with Crippen molar-refractivity contribution in [3.05, 3.63) is 11.6 Å². The number of carbonyl (C=O) groups excluding carboxylic acids is 1. The van der Waals surface area contributed by atoms with E-state index in [-0.39, 0.29) is 11.0 Å². The van der Waals surface area contributed by atoms with Gasteiger partial charge in [-0.25, -0.2) is 4.79 Å². The normalized spacial score (nSPS) is 60.1. The lowest BCUT2D eigenvalue weighted by Gasteiger charge is -2.55. The number of aliphatic carboxylic acids is 1. The number of ether oxygens (including phenoxy) is 1. The molecule has 140 valence electrons. The quantitative estimate of drug-likeness (QED) is 0.530. The second kappa shape index (κ2) is 4.20. The Labute approximate surface area is 158 Å². The monoisotopic (exact) mass is 364 g/mol. The number of carboxylic acid groups (broad SMARTS) is 1. The lowest BCUT2D eigenvalue weighted by atomic mass is 9.49. The number of carboxylic acids is 1. The summed E-state index contributed by atoms with van der Waals surface area (Å²) in [5.41, 5.74) is 1.06. The molecule has 6 fully saturated rings. The highest BCUT2D eigenvalue weighted by atomic mass is 16.6. The van der Waals surface area contributed by atoms with E-state index in [2.05, 4.69) is 18.8 Å². The highest BCUT2D eigenvalue weighted by molar-refractivity contribution is 5.92. The van der Waals surface area contributed by atoms with Crippen LogP contribution >= 0.6 is 0 Å². The first-order valence-electron chi connectivity index (χ1n) is 10.6. The SMILES string of the molecule is C[C@]12CCC(=O)C=C1[C@@H]1C[C@@H]1C1C2CC[C@]23O[C@@]2(C#CC(=O)O)[C@H]2C[C@H]2C13. The van der Waals surface area contributed by atoms with Gasteiger partial charge in [-0.1, -0.05) is 18.4 Å². The van der Waals surface area contributed by atoms with Crippen LogP contribution in [0.25, 0.3) is 0 Å². The summed E-state index contributed by atoms with van der Waals surface area (Å²) >= 11 is 0. The molecule has 1 aliphatic heterocycles. The van der Waals surface area contributed by atoms with E-state index >= 15 is 0 Å². The smallest absolute Gasteiger partial charge is 0.382 e. The number of fused-ring (bicyclic) bond motifs is 10. The molecule has 6 aliphatic carbocycles. The molecule has 7 aliphatic rings. The predicted octanol–water partition coefficient (Wildman–Crippen LogP) is 2.82. The number of hydrogen-bond donors (Lipinski definition) is 1. The average Bonchev–Trinajstić information content (AvgIpc) is 3.52. The van der Waals surface area contributed by atoms with E-state index in [0.29, 0.717) is 47.7 Å². The molecular formula is C23H24O4. The fourth-order valence-corrected chi connectivity index (χ4v) is 8.75. The molecule has 1 N–H and O–H groups in total. The van der Waals surface area contributed by atoms with Crippen molar-refractivity contribution in [2.75, 3.05) is 0 Å². The van der Waals surface area contributed by atoms with Crippen molar-refractivity contribution in [2.45, 2.75) is 56.7 Å². The second-order valence-electron chi connectivity index (χ2n) is 10.5. The van der Waals surface area contributed by atoms with Gasteiger partial charge in [0.25, 0.3) is 0 Å². The minimum Gasteiger partial charge on any atom is -0.472 e. The molecule has 3 unspecified atom stereocenters. The number of allylic oxidation sites excluding steroid dienone is 1. The van der Waals surface area contributed by atoms with Crippen LogP contribution in [0.1, 0.15) is 45.4 Å². The van der Waals surface area contributed by atoms with Crippen molar-refractivity contribution in [1.29, 1.82) is 0 Å². The van der Waals surface area contributed by atoms with Crippen molar-refractivity contribution in [3.63, 3.8) is 0 Å². The Morgan fingerprint density at radius 2 is 2.11 bits per heavy atom. The number of epoxide rings is 1. The zero-order chi connectivity index (χ0) is 18.3. The lowest BCUT2D eigenvalue weighted by Crippen LogP contribution is -2.52. The van der Waals surface area contributed by atoms with E-state index in [1.165, 1.54) is 18.4 Å². The third kappa shape index (κ3) is 1.53. The molecule has 1 heterocycles. The summed E-state index contributed by atoms with van der Waals surface area (Å²) in [7, 11) is 0. The van der Waals surface area contributed by atoms with Crippen molar-refractivity contribution in [3.8, 4) is 11.8 Å². The van der Waals surface area contributed by atoms with E-state index in [1.807, 2.05) is 6.08 Å². The van der Waals surface area contributed by atoms with Gasteiger partial charge in [0.05, 0.1) is 0 Å². The van der Waals surface area contributed by atoms with E-state index in [4.69, 9.17) is 9.84 Å². The molecule has 0 bridgehead atoms. The Morgan fingerprint density at radius 3 is 2.93 bits per heavy atom. The molecule has 7 rings (SSSR count). The highest BCUT2D eigenvalue weighted by Crippen LogP contribution is 2.85. The summed E-state index contributed by atoms with van der Waals surface area (Å²) in [5.74, 6) is 9.16. The van der Waals surface area contributed by atoms with E-state index in [1.54, 1.807) is 0 Å². The summed E-state index contributed by atoms with van der Waals surface area (Å²) in [4.78, 5) is 23.1. The van der Waals surface area contributed by atoms with Crippen molar-refractivity contribution < 1.29 is 19.4 Å². The van der Waals surface area contributed by atoms with Gasteiger partial charge >= 0.3 is 5.97 Å². The summed E-state index contributed by atoms with van der Waals surface area (Å²) < 4.78 is 6.43. The maximum absolute atomic E-state index is 12.1. The van der Waals surface area contributed by atoms with Gasteiger partial charge in [-0.15, -0.1) is 0 Å². The van der Waals surface area contributed by atoms with Crippen LogP contribution in [-0.2, 0) is 14.3 Å². The first-order chi connectivity index (χ1) is 12.9. The van der Waals surface area contributed by atoms with Gasteiger partial charge in [-0.2, -0.15) is 0 Å². The number of rotatable bonds is 0. The van der Waals surface area contributed by atoms with Crippen molar-refractivity contribution in [1.82, 2.24) is 0 Å². The molecule has 10 atom stereocenters. The zero-order valence-electron chi connectivity index (χ0n) is 15.5. The molecule has 1 spiro atoms. The Balaban J connectivity index is 1.31.